The molecule has 2 aromatic rings. The van der Waals surface area contributed by atoms with Crippen LogP contribution in [0.1, 0.15) is 55.5 Å². The second-order valence-corrected chi connectivity index (χ2v) is 10.7. The Morgan fingerprint density at radius 2 is 2.00 bits per heavy atom. The molecule has 1 aliphatic heterocycles. The number of carbonyl (C=O) groups excluding carboxylic acids is 1. The van der Waals surface area contributed by atoms with Crippen molar-refractivity contribution in [1.29, 1.82) is 0 Å². The van der Waals surface area contributed by atoms with E-state index in [9.17, 15) is 9.90 Å². The number of rotatable bonds is 8. The monoisotopic (exact) mass is 476 g/mol. The van der Waals surface area contributed by atoms with Crippen molar-refractivity contribution < 1.29 is 14.6 Å². The van der Waals surface area contributed by atoms with Gasteiger partial charge in [-0.05, 0) is 68.0 Å². The second kappa shape index (κ2) is 10.5. The summed E-state index contributed by atoms with van der Waals surface area (Å²) in [6.45, 7) is 11.6. The van der Waals surface area contributed by atoms with Crippen molar-refractivity contribution in [3.8, 4) is 5.75 Å². The van der Waals surface area contributed by atoms with Crippen LogP contribution < -0.4 is 0 Å². The molecule has 0 aromatic heterocycles. The summed E-state index contributed by atoms with van der Waals surface area (Å²) < 4.78 is 6.45. The number of amides is 1. The van der Waals surface area contributed by atoms with Crippen LogP contribution in [-0.4, -0.2) is 65.7 Å². The number of phenols is 1. The van der Waals surface area contributed by atoms with Crippen LogP contribution in [0.3, 0.4) is 0 Å². The molecule has 1 N–H and O–H groups in total. The molecule has 2 aromatic carbocycles. The van der Waals surface area contributed by atoms with Crippen molar-refractivity contribution in [3.63, 3.8) is 0 Å². The van der Waals surface area contributed by atoms with Gasteiger partial charge in [0.05, 0.1) is 5.60 Å². The van der Waals surface area contributed by atoms with Crippen molar-refractivity contribution >= 4 is 5.91 Å². The highest BCUT2D eigenvalue weighted by Crippen LogP contribution is 2.54. The van der Waals surface area contributed by atoms with Crippen LogP contribution in [0, 0.1) is 5.92 Å². The Kier molecular flexibility index (Phi) is 7.67. The fraction of sp³-hybridized carbons (Fsp3) is 0.500. The van der Waals surface area contributed by atoms with Gasteiger partial charge in [0.1, 0.15) is 5.75 Å². The average Bonchev–Trinajstić information content (AvgIpc) is 2.87. The van der Waals surface area contributed by atoms with E-state index in [1.54, 1.807) is 6.07 Å². The Labute approximate surface area is 210 Å². The zero-order chi connectivity index (χ0) is 25.1. The Morgan fingerprint density at radius 1 is 1.23 bits per heavy atom. The molecule has 1 amide bonds. The van der Waals surface area contributed by atoms with Crippen molar-refractivity contribution in [2.45, 2.75) is 56.6 Å². The predicted molar refractivity (Wildman–Crippen MR) is 141 cm³/mol. The number of methoxy groups -OCH3 is 1. The van der Waals surface area contributed by atoms with E-state index in [1.807, 2.05) is 55.7 Å². The standard InChI is InChI=1S/C30H40N2O3/c1-5-17-31-18-16-29(25-12-9-13-27(33)19-25)20-26(14-15-30(29,22-31)35-4)32(21-23(2)3)28(34)24-10-7-6-8-11-24/h5-13,19,23,26,33H,1,14-18,20-22H2,2-4H3/t26-,29?,30?/m0/s1. The number of hydrogen-bond acceptors (Lipinski definition) is 4. The smallest absolute Gasteiger partial charge is 0.254 e. The number of phenolic OH excluding ortho intramolecular Hbond substituents is 1. The van der Waals surface area contributed by atoms with Gasteiger partial charge >= 0.3 is 0 Å². The predicted octanol–water partition coefficient (Wildman–Crippen LogP) is 5.26. The second-order valence-electron chi connectivity index (χ2n) is 10.7. The molecule has 0 bridgehead atoms. The minimum Gasteiger partial charge on any atom is -0.508 e. The number of piperidine rings is 1. The molecule has 2 unspecified atom stereocenters. The fourth-order valence-corrected chi connectivity index (χ4v) is 6.51. The molecule has 0 radical (unpaired) electrons. The molecule has 1 aliphatic carbocycles. The molecule has 5 heteroatoms. The van der Waals surface area contributed by atoms with Gasteiger partial charge in [-0.15, -0.1) is 6.58 Å². The summed E-state index contributed by atoms with van der Waals surface area (Å²) in [4.78, 5) is 18.3. The van der Waals surface area contributed by atoms with Gasteiger partial charge in [0.25, 0.3) is 5.91 Å². The summed E-state index contributed by atoms with van der Waals surface area (Å²) in [5.74, 6) is 0.740. The summed E-state index contributed by atoms with van der Waals surface area (Å²) in [6, 6.07) is 17.4. The van der Waals surface area contributed by atoms with Crippen molar-refractivity contribution in [1.82, 2.24) is 9.80 Å². The third kappa shape index (κ3) is 4.89. The topological polar surface area (TPSA) is 53.0 Å². The third-order valence-corrected chi connectivity index (χ3v) is 8.13. The van der Waals surface area contributed by atoms with Crippen molar-refractivity contribution in [2.75, 3.05) is 33.3 Å². The van der Waals surface area contributed by atoms with E-state index in [1.165, 1.54) is 0 Å². The summed E-state index contributed by atoms with van der Waals surface area (Å²) in [6.07, 6.45) is 5.43. The maximum Gasteiger partial charge on any atom is 0.254 e. The van der Waals surface area contributed by atoms with Crippen LogP contribution in [0.15, 0.2) is 67.3 Å². The maximum absolute atomic E-state index is 13.8. The first-order valence-electron chi connectivity index (χ1n) is 12.9. The first kappa shape index (κ1) is 25.5. The Hall–Kier alpha value is -2.63. The molecular formula is C30H40N2O3. The highest BCUT2D eigenvalue weighted by atomic mass is 16.5. The Morgan fingerprint density at radius 3 is 2.66 bits per heavy atom. The minimum absolute atomic E-state index is 0.0988. The molecule has 188 valence electrons. The van der Waals surface area contributed by atoms with E-state index in [0.717, 1.165) is 63.0 Å². The number of aromatic hydroxyl groups is 1. The lowest BCUT2D eigenvalue weighted by Gasteiger charge is -2.60. The van der Waals surface area contributed by atoms with Gasteiger partial charge in [0, 0.05) is 43.8 Å². The van der Waals surface area contributed by atoms with E-state index in [4.69, 9.17) is 4.74 Å². The average molecular weight is 477 g/mol. The van der Waals surface area contributed by atoms with E-state index in [-0.39, 0.29) is 23.1 Å². The normalized spacial score (nSPS) is 26.8. The maximum atomic E-state index is 13.8. The van der Waals surface area contributed by atoms with Gasteiger partial charge in [-0.3, -0.25) is 9.69 Å². The molecule has 4 rings (SSSR count). The zero-order valence-electron chi connectivity index (χ0n) is 21.5. The molecule has 3 atom stereocenters. The van der Waals surface area contributed by atoms with Gasteiger partial charge in [0.2, 0.25) is 0 Å². The van der Waals surface area contributed by atoms with Gasteiger partial charge < -0.3 is 14.7 Å². The number of carbonyl (C=O) groups is 1. The third-order valence-electron chi connectivity index (χ3n) is 8.13. The minimum atomic E-state index is -0.391. The van der Waals surface area contributed by atoms with Crippen LogP contribution in [0.2, 0.25) is 0 Å². The molecular weight excluding hydrogens is 436 g/mol. The quantitative estimate of drug-likeness (QED) is 0.528. The summed E-state index contributed by atoms with van der Waals surface area (Å²) in [5, 5.41) is 10.4. The first-order chi connectivity index (χ1) is 16.8. The molecule has 0 spiro atoms. The summed E-state index contributed by atoms with van der Waals surface area (Å²) in [5.41, 5.74) is 1.16. The molecule has 1 saturated carbocycles. The van der Waals surface area contributed by atoms with Crippen molar-refractivity contribution in [3.05, 3.63) is 78.4 Å². The molecule has 2 fully saturated rings. The summed E-state index contributed by atoms with van der Waals surface area (Å²) >= 11 is 0. The highest BCUT2D eigenvalue weighted by molar-refractivity contribution is 5.94. The number of nitrogens with zero attached hydrogens (tertiary/aromatic N) is 2. The number of hydrogen-bond donors (Lipinski definition) is 1. The van der Waals surface area contributed by atoms with Crippen LogP contribution in [0.25, 0.3) is 0 Å². The molecule has 2 aliphatic rings. The van der Waals surface area contributed by atoms with Gasteiger partial charge in [-0.1, -0.05) is 50.3 Å². The Balaban J connectivity index is 1.76. The number of benzene rings is 2. The molecule has 1 saturated heterocycles. The van der Waals surface area contributed by atoms with Crippen molar-refractivity contribution in [2.24, 2.45) is 5.92 Å². The SMILES string of the molecule is C=CCN1CCC2(c3cccc(O)c3)C[C@@H](N(CC(C)C)C(=O)c3ccccc3)CCC2(OC)C1. The zero-order valence-corrected chi connectivity index (χ0v) is 21.5. The fourth-order valence-electron chi connectivity index (χ4n) is 6.51. The molecule has 1 heterocycles. The first-order valence-corrected chi connectivity index (χ1v) is 12.9. The molecule has 5 nitrogen and oxygen atoms in total. The van der Waals surface area contributed by atoms with E-state index >= 15 is 0 Å². The highest BCUT2D eigenvalue weighted by Gasteiger charge is 2.59. The van der Waals surface area contributed by atoms with E-state index < -0.39 is 5.60 Å². The van der Waals surface area contributed by atoms with Gasteiger partial charge in [-0.25, -0.2) is 0 Å². The van der Waals surface area contributed by atoms with Crippen LogP contribution in [-0.2, 0) is 10.2 Å². The van der Waals surface area contributed by atoms with Crippen LogP contribution >= 0.6 is 0 Å². The van der Waals surface area contributed by atoms with Crippen LogP contribution in [0.5, 0.6) is 5.75 Å². The van der Waals surface area contributed by atoms with Gasteiger partial charge in [0.15, 0.2) is 0 Å². The van der Waals surface area contributed by atoms with E-state index in [0.29, 0.717) is 5.92 Å². The lowest BCUT2D eigenvalue weighted by molar-refractivity contribution is -0.153. The number of likely N-dealkylation sites (tertiary alicyclic amines) is 1. The number of fused-ring (bicyclic) bond motifs is 1. The lowest BCUT2D eigenvalue weighted by Crippen LogP contribution is -2.68. The van der Waals surface area contributed by atoms with Crippen LogP contribution in [0.4, 0.5) is 0 Å². The molecule has 35 heavy (non-hydrogen) atoms. The number of ether oxygens (including phenoxy) is 1. The Bertz CT molecular complexity index is 1020. The largest absolute Gasteiger partial charge is 0.508 e. The lowest BCUT2D eigenvalue weighted by atomic mass is 9.55. The van der Waals surface area contributed by atoms with E-state index in [2.05, 4.69) is 36.3 Å². The summed E-state index contributed by atoms with van der Waals surface area (Å²) in [7, 11) is 1.83. The van der Waals surface area contributed by atoms with Gasteiger partial charge in [-0.2, -0.15) is 0 Å².